The molecule has 136 valence electrons. The third kappa shape index (κ3) is 3.40. The van der Waals surface area contributed by atoms with E-state index in [-0.39, 0.29) is 6.04 Å². The predicted molar refractivity (Wildman–Crippen MR) is 100 cm³/mol. The molecule has 0 bridgehead atoms. The summed E-state index contributed by atoms with van der Waals surface area (Å²) in [4.78, 5) is 24.9. The molecule has 1 amide bonds. The van der Waals surface area contributed by atoms with E-state index in [4.69, 9.17) is 0 Å². The minimum absolute atomic E-state index is 0.0198. The molecule has 4 heterocycles. The molecule has 0 aromatic carbocycles. The number of nitrogens with one attached hydrogen (secondary N) is 3. The number of carboxylic acid groups (broad SMARTS) is 1. The Bertz CT molecular complexity index is 938. The number of likely N-dealkylation sites (tertiary alicyclic amines) is 1. The second-order valence-corrected chi connectivity index (χ2v) is 7.11. The van der Waals surface area contributed by atoms with Gasteiger partial charge in [0.1, 0.15) is 16.5 Å². The third-order valence-electron chi connectivity index (χ3n) is 4.31. The zero-order valence-electron chi connectivity index (χ0n) is 14.2. The smallest absolute Gasteiger partial charge is 0.407 e. The third-order valence-corrected chi connectivity index (χ3v) is 5.11. The Morgan fingerprint density at radius 2 is 2.35 bits per heavy atom. The standard InChI is InChI=1S/C16H19N7O2S/c1-9-7-12(26-22-9)19-15-20-13-11(4-5-17-13)14(21-15)18-10-3-2-6-23(8-10)16(24)25/h4-5,7,10H,2-3,6,8H2,1H3,(H,24,25)(H3,17,18,19,20,21). The Balaban J connectivity index is 1.59. The van der Waals surface area contributed by atoms with Crippen molar-refractivity contribution in [1.82, 2.24) is 24.2 Å². The van der Waals surface area contributed by atoms with Crippen LogP contribution in [0.25, 0.3) is 11.0 Å². The van der Waals surface area contributed by atoms with E-state index in [0.717, 1.165) is 34.6 Å². The Labute approximate surface area is 153 Å². The maximum atomic E-state index is 11.2. The fourth-order valence-corrected chi connectivity index (χ4v) is 3.76. The number of H-pyrrole nitrogens is 1. The lowest BCUT2D eigenvalue weighted by molar-refractivity contribution is 0.133. The van der Waals surface area contributed by atoms with Crippen LogP contribution < -0.4 is 10.6 Å². The highest BCUT2D eigenvalue weighted by molar-refractivity contribution is 7.10. The summed E-state index contributed by atoms with van der Waals surface area (Å²) in [6, 6.07) is 3.87. The van der Waals surface area contributed by atoms with Gasteiger partial charge in [0.15, 0.2) is 0 Å². The van der Waals surface area contributed by atoms with E-state index in [1.54, 1.807) is 0 Å². The van der Waals surface area contributed by atoms with Gasteiger partial charge < -0.3 is 25.6 Å². The molecule has 0 spiro atoms. The molecule has 10 heteroatoms. The van der Waals surface area contributed by atoms with Crippen LogP contribution >= 0.6 is 11.5 Å². The van der Waals surface area contributed by atoms with Crippen molar-refractivity contribution in [2.24, 2.45) is 0 Å². The Kier molecular flexibility index (Phi) is 4.33. The molecule has 1 saturated heterocycles. The molecule has 26 heavy (non-hydrogen) atoms. The first-order valence-electron chi connectivity index (χ1n) is 8.38. The Hall–Kier alpha value is -2.88. The molecule has 4 N–H and O–H groups in total. The summed E-state index contributed by atoms with van der Waals surface area (Å²) in [6.07, 6.45) is 2.66. The summed E-state index contributed by atoms with van der Waals surface area (Å²) in [6.45, 7) is 2.96. The highest BCUT2D eigenvalue weighted by atomic mass is 32.1. The molecule has 3 aromatic rings. The fraction of sp³-hybridized carbons (Fsp3) is 0.375. The number of carbonyl (C=O) groups is 1. The van der Waals surface area contributed by atoms with Gasteiger partial charge in [-0.1, -0.05) is 0 Å². The van der Waals surface area contributed by atoms with Gasteiger partial charge in [-0.05, 0) is 43.4 Å². The first kappa shape index (κ1) is 16.6. The van der Waals surface area contributed by atoms with Crippen molar-refractivity contribution < 1.29 is 9.90 Å². The van der Waals surface area contributed by atoms with Crippen molar-refractivity contribution in [2.75, 3.05) is 23.7 Å². The van der Waals surface area contributed by atoms with Crippen LogP contribution in [0.15, 0.2) is 18.3 Å². The first-order chi connectivity index (χ1) is 12.6. The van der Waals surface area contributed by atoms with Gasteiger partial charge in [-0.15, -0.1) is 0 Å². The number of aryl methyl sites for hydroxylation is 1. The predicted octanol–water partition coefficient (Wildman–Crippen LogP) is 3.02. The summed E-state index contributed by atoms with van der Waals surface area (Å²) in [5, 5.41) is 17.5. The van der Waals surface area contributed by atoms with Crippen LogP contribution in [0.3, 0.4) is 0 Å². The SMILES string of the molecule is Cc1cc(Nc2nc(NC3CCCN(C(=O)O)C3)c3cc[nH]c3n2)sn1. The number of aromatic amines is 1. The Morgan fingerprint density at radius 3 is 3.12 bits per heavy atom. The highest BCUT2D eigenvalue weighted by Gasteiger charge is 2.24. The van der Waals surface area contributed by atoms with E-state index in [2.05, 4.69) is 30.0 Å². The molecule has 0 saturated carbocycles. The van der Waals surface area contributed by atoms with Crippen molar-refractivity contribution in [3.05, 3.63) is 24.0 Å². The number of piperidine rings is 1. The number of hydrogen-bond acceptors (Lipinski definition) is 7. The van der Waals surface area contributed by atoms with Gasteiger partial charge in [0, 0.05) is 25.3 Å². The molecule has 4 rings (SSSR count). The van der Waals surface area contributed by atoms with Crippen LogP contribution in [0.1, 0.15) is 18.5 Å². The van der Waals surface area contributed by atoms with Crippen molar-refractivity contribution >= 4 is 45.4 Å². The second kappa shape index (κ2) is 6.79. The molecule has 9 nitrogen and oxygen atoms in total. The van der Waals surface area contributed by atoms with Gasteiger partial charge >= 0.3 is 6.09 Å². The molecule has 3 aromatic heterocycles. The normalized spacial score (nSPS) is 17.4. The summed E-state index contributed by atoms with van der Waals surface area (Å²) in [5.74, 6) is 1.16. The minimum Gasteiger partial charge on any atom is -0.465 e. The van der Waals surface area contributed by atoms with E-state index in [9.17, 15) is 9.90 Å². The van der Waals surface area contributed by atoms with Gasteiger partial charge in [-0.25, -0.2) is 4.79 Å². The second-order valence-electron chi connectivity index (χ2n) is 6.31. The van der Waals surface area contributed by atoms with E-state index in [0.29, 0.717) is 24.9 Å². The number of anilines is 3. The van der Waals surface area contributed by atoms with Gasteiger partial charge in [-0.3, -0.25) is 0 Å². The van der Waals surface area contributed by atoms with E-state index < -0.39 is 6.09 Å². The van der Waals surface area contributed by atoms with Crippen LogP contribution in [0.5, 0.6) is 0 Å². The number of rotatable bonds is 4. The number of nitrogens with zero attached hydrogens (tertiary/aromatic N) is 4. The lowest BCUT2D eigenvalue weighted by Gasteiger charge is -2.31. The molecular formula is C16H19N7O2S. The van der Waals surface area contributed by atoms with Crippen molar-refractivity contribution in [3.8, 4) is 0 Å². The maximum Gasteiger partial charge on any atom is 0.407 e. The average molecular weight is 373 g/mol. The lowest BCUT2D eigenvalue weighted by Crippen LogP contribution is -2.44. The summed E-state index contributed by atoms with van der Waals surface area (Å²) < 4.78 is 4.25. The zero-order chi connectivity index (χ0) is 18.1. The van der Waals surface area contributed by atoms with Gasteiger partial charge in [0.2, 0.25) is 5.95 Å². The summed E-state index contributed by atoms with van der Waals surface area (Å²) >= 11 is 1.35. The molecule has 1 atom stereocenters. The average Bonchev–Trinajstić information content (AvgIpc) is 3.24. The topological polar surface area (TPSA) is 119 Å². The van der Waals surface area contributed by atoms with Crippen molar-refractivity contribution in [1.29, 1.82) is 0 Å². The minimum atomic E-state index is -0.881. The van der Waals surface area contributed by atoms with Gasteiger partial charge in [0.25, 0.3) is 0 Å². The molecule has 1 fully saturated rings. The van der Waals surface area contributed by atoms with Gasteiger partial charge in [-0.2, -0.15) is 14.3 Å². The fourth-order valence-electron chi connectivity index (χ4n) is 3.10. The molecule has 0 radical (unpaired) electrons. The van der Waals surface area contributed by atoms with Crippen molar-refractivity contribution in [2.45, 2.75) is 25.8 Å². The van der Waals surface area contributed by atoms with E-state index in [1.807, 2.05) is 25.3 Å². The van der Waals surface area contributed by atoms with Crippen LogP contribution in [0.4, 0.5) is 21.6 Å². The van der Waals surface area contributed by atoms with Crippen LogP contribution in [0.2, 0.25) is 0 Å². The van der Waals surface area contributed by atoms with Crippen LogP contribution in [-0.2, 0) is 0 Å². The molecule has 1 aliphatic heterocycles. The monoisotopic (exact) mass is 373 g/mol. The first-order valence-corrected chi connectivity index (χ1v) is 9.16. The molecule has 1 aliphatic rings. The van der Waals surface area contributed by atoms with Crippen molar-refractivity contribution in [3.63, 3.8) is 0 Å². The summed E-state index contributed by atoms with van der Waals surface area (Å²) in [5.41, 5.74) is 1.66. The molecular weight excluding hydrogens is 354 g/mol. The number of aromatic nitrogens is 4. The van der Waals surface area contributed by atoms with E-state index in [1.165, 1.54) is 16.4 Å². The van der Waals surface area contributed by atoms with Crippen LogP contribution in [-0.4, -0.2) is 54.6 Å². The maximum absolute atomic E-state index is 11.2. The van der Waals surface area contributed by atoms with Gasteiger partial charge in [0.05, 0.1) is 11.1 Å². The Morgan fingerprint density at radius 1 is 1.46 bits per heavy atom. The molecule has 0 aliphatic carbocycles. The summed E-state index contributed by atoms with van der Waals surface area (Å²) in [7, 11) is 0. The number of fused-ring (bicyclic) bond motifs is 1. The lowest BCUT2D eigenvalue weighted by atomic mass is 10.1. The highest BCUT2D eigenvalue weighted by Crippen LogP contribution is 2.26. The molecule has 1 unspecified atom stereocenters. The number of hydrogen-bond donors (Lipinski definition) is 4. The zero-order valence-corrected chi connectivity index (χ0v) is 15.0. The number of amides is 1. The van der Waals surface area contributed by atoms with E-state index >= 15 is 0 Å². The van der Waals surface area contributed by atoms with Crippen LogP contribution in [0, 0.1) is 6.92 Å². The largest absolute Gasteiger partial charge is 0.465 e. The quantitative estimate of drug-likeness (QED) is 0.555.